The molecule has 1 aliphatic heterocycles. The standard InChI is InChI=1S/C28H17ClO7/c29-17-4-1-15(2-5-17)14-35-28(34)20-8-3-16(27(32)33)11-23(20)26-21-9-6-18(30)12-24(21)36-25-13-19(31)7-10-22(25)26/h1-13,30H,14H2,(H,32,33). The van der Waals surface area contributed by atoms with E-state index in [9.17, 15) is 24.6 Å². The predicted molar refractivity (Wildman–Crippen MR) is 134 cm³/mol. The van der Waals surface area contributed by atoms with Crippen LogP contribution in [0.15, 0.2) is 88.1 Å². The molecule has 0 fully saturated rings. The molecule has 7 nitrogen and oxygen atoms in total. The van der Waals surface area contributed by atoms with Crippen LogP contribution in [0.3, 0.4) is 0 Å². The average Bonchev–Trinajstić information content (AvgIpc) is 2.86. The molecule has 2 aliphatic rings. The zero-order chi connectivity index (χ0) is 25.4. The minimum atomic E-state index is -1.17. The number of ether oxygens (including phenoxy) is 1. The van der Waals surface area contributed by atoms with Crippen molar-refractivity contribution in [2.75, 3.05) is 0 Å². The Hall–Kier alpha value is -4.62. The number of phenols is 1. The van der Waals surface area contributed by atoms with Crippen molar-refractivity contribution in [3.05, 3.63) is 111 Å². The van der Waals surface area contributed by atoms with Crippen molar-refractivity contribution in [1.82, 2.24) is 0 Å². The summed E-state index contributed by atoms with van der Waals surface area (Å²) in [5.41, 5.74) is 2.01. The molecule has 0 saturated heterocycles. The van der Waals surface area contributed by atoms with Crippen molar-refractivity contribution in [2.45, 2.75) is 6.61 Å². The van der Waals surface area contributed by atoms with Gasteiger partial charge in [0.15, 0.2) is 5.43 Å². The molecule has 0 radical (unpaired) electrons. The first-order chi connectivity index (χ1) is 17.3. The number of carboxylic acid groups (broad SMARTS) is 1. The molecule has 0 atom stereocenters. The minimum absolute atomic E-state index is 0.0187. The van der Waals surface area contributed by atoms with Gasteiger partial charge in [0.05, 0.1) is 11.1 Å². The van der Waals surface area contributed by atoms with E-state index in [0.29, 0.717) is 21.5 Å². The van der Waals surface area contributed by atoms with Gasteiger partial charge in [-0.1, -0.05) is 23.7 Å². The fourth-order valence-electron chi connectivity index (χ4n) is 4.02. The van der Waals surface area contributed by atoms with Crippen LogP contribution in [0, 0.1) is 0 Å². The Kier molecular flexibility index (Phi) is 5.91. The molecule has 8 heteroatoms. The zero-order valence-corrected chi connectivity index (χ0v) is 19.3. The summed E-state index contributed by atoms with van der Waals surface area (Å²) in [5.74, 6) is -1.68. The van der Waals surface area contributed by atoms with Crippen LogP contribution in [0.5, 0.6) is 5.75 Å². The van der Waals surface area contributed by atoms with Gasteiger partial charge in [-0.15, -0.1) is 0 Å². The van der Waals surface area contributed by atoms with E-state index in [-0.39, 0.29) is 45.8 Å². The summed E-state index contributed by atoms with van der Waals surface area (Å²) < 4.78 is 11.4. The second-order valence-corrected chi connectivity index (χ2v) is 8.52. The smallest absolute Gasteiger partial charge is 0.339 e. The summed E-state index contributed by atoms with van der Waals surface area (Å²) in [7, 11) is 0. The maximum Gasteiger partial charge on any atom is 0.339 e. The Balaban J connectivity index is 1.71. The Labute approximate surface area is 209 Å². The van der Waals surface area contributed by atoms with Crippen LogP contribution in [0.25, 0.3) is 33.4 Å². The van der Waals surface area contributed by atoms with E-state index in [1.807, 2.05) is 0 Å². The van der Waals surface area contributed by atoms with Crippen LogP contribution in [-0.2, 0) is 11.3 Å². The topological polar surface area (TPSA) is 114 Å². The molecule has 1 aliphatic carbocycles. The van der Waals surface area contributed by atoms with Gasteiger partial charge in [0, 0.05) is 33.7 Å². The van der Waals surface area contributed by atoms with E-state index in [0.717, 1.165) is 5.56 Å². The fraction of sp³-hybridized carbons (Fsp3) is 0.0357. The number of esters is 1. The number of rotatable bonds is 5. The van der Waals surface area contributed by atoms with Crippen LogP contribution in [-0.4, -0.2) is 22.2 Å². The number of aromatic carboxylic acids is 1. The Morgan fingerprint density at radius 1 is 0.889 bits per heavy atom. The molecule has 0 spiro atoms. The van der Waals surface area contributed by atoms with Crippen LogP contribution < -0.4 is 5.43 Å². The first-order valence-electron chi connectivity index (χ1n) is 10.8. The molecule has 178 valence electrons. The zero-order valence-electron chi connectivity index (χ0n) is 18.5. The molecule has 0 bridgehead atoms. The van der Waals surface area contributed by atoms with Crippen LogP contribution >= 0.6 is 11.6 Å². The normalized spacial score (nSPS) is 11.0. The van der Waals surface area contributed by atoms with Crippen LogP contribution in [0.4, 0.5) is 0 Å². The van der Waals surface area contributed by atoms with Crippen molar-refractivity contribution >= 4 is 34.5 Å². The number of hydrogen-bond acceptors (Lipinski definition) is 6. The van der Waals surface area contributed by atoms with Gasteiger partial charge in [-0.05, 0) is 65.7 Å². The van der Waals surface area contributed by atoms with E-state index in [2.05, 4.69) is 0 Å². The van der Waals surface area contributed by atoms with Crippen LogP contribution in [0.1, 0.15) is 26.3 Å². The summed E-state index contributed by atoms with van der Waals surface area (Å²) in [6.07, 6.45) is 0. The van der Waals surface area contributed by atoms with Gasteiger partial charge in [0.25, 0.3) is 0 Å². The highest BCUT2D eigenvalue weighted by atomic mass is 35.5. The number of carbonyl (C=O) groups is 2. The molecule has 3 aromatic rings. The van der Waals surface area contributed by atoms with Gasteiger partial charge < -0.3 is 19.4 Å². The van der Waals surface area contributed by atoms with Crippen molar-refractivity contribution in [3.63, 3.8) is 0 Å². The highest BCUT2D eigenvalue weighted by molar-refractivity contribution is 6.30. The third kappa shape index (κ3) is 4.39. The van der Waals surface area contributed by atoms with Crippen LogP contribution in [0.2, 0.25) is 5.02 Å². The molecule has 36 heavy (non-hydrogen) atoms. The summed E-state index contributed by atoms with van der Waals surface area (Å²) in [4.78, 5) is 37.1. The lowest BCUT2D eigenvalue weighted by molar-refractivity contribution is 0.0472. The van der Waals surface area contributed by atoms with E-state index in [1.165, 1.54) is 42.5 Å². The Bertz CT molecular complexity index is 1670. The molecule has 0 saturated carbocycles. The Morgan fingerprint density at radius 3 is 2.42 bits per heavy atom. The first kappa shape index (κ1) is 23.1. The van der Waals surface area contributed by atoms with Crippen molar-refractivity contribution in [1.29, 1.82) is 0 Å². The second-order valence-electron chi connectivity index (χ2n) is 8.08. The van der Waals surface area contributed by atoms with Crippen molar-refractivity contribution in [3.8, 4) is 28.2 Å². The largest absolute Gasteiger partial charge is 0.508 e. The summed E-state index contributed by atoms with van der Waals surface area (Å²) in [6, 6.07) is 19.6. The van der Waals surface area contributed by atoms with Gasteiger partial charge in [0.2, 0.25) is 0 Å². The van der Waals surface area contributed by atoms with Gasteiger partial charge in [-0.3, -0.25) is 4.79 Å². The monoisotopic (exact) mass is 500 g/mol. The molecular formula is C28H17ClO7. The molecule has 0 amide bonds. The maximum atomic E-state index is 13.2. The first-order valence-corrected chi connectivity index (χ1v) is 11.2. The highest BCUT2D eigenvalue weighted by Gasteiger charge is 2.24. The van der Waals surface area contributed by atoms with Gasteiger partial charge in [-0.25, -0.2) is 9.59 Å². The van der Waals surface area contributed by atoms with E-state index >= 15 is 0 Å². The van der Waals surface area contributed by atoms with Crippen molar-refractivity contribution in [2.24, 2.45) is 0 Å². The minimum Gasteiger partial charge on any atom is -0.508 e. The number of halogens is 1. The number of benzene rings is 4. The lowest BCUT2D eigenvalue weighted by atomic mass is 9.89. The molecular weight excluding hydrogens is 484 g/mol. The lowest BCUT2D eigenvalue weighted by Crippen LogP contribution is -2.09. The molecule has 2 N–H and O–H groups in total. The molecule has 3 aromatic carbocycles. The number of carboxylic acids is 1. The van der Waals surface area contributed by atoms with E-state index < -0.39 is 11.9 Å². The van der Waals surface area contributed by atoms with Crippen molar-refractivity contribution < 1.29 is 29.0 Å². The maximum absolute atomic E-state index is 13.2. The van der Waals surface area contributed by atoms with Gasteiger partial charge >= 0.3 is 11.9 Å². The third-order valence-corrected chi connectivity index (χ3v) is 5.97. The quantitative estimate of drug-likeness (QED) is 0.225. The molecule has 5 rings (SSSR count). The SMILES string of the molecule is O=C(O)c1ccc(C(=O)OCc2ccc(Cl)cc2)c(-c2c3ccc(=O)cc-3oc3cc(O)ccc23)c1. The van der Waals surface area contributed by atoms with E-state index in [4.69, 9.17) is 20.8 Å². The fourth-order valence-corrected chi connectivity index (χ4v) is 4.14. The Morgan fingerprint density at radius 2 is 1.67 bits per heavy atom. The molecule has 0 unspecified atom stereocenters. The summed E-state index contributed by atoms with van der Waals surface area (Å²) in [5, 5.41) is 20.7. The molecule has 1 heterocycles. The number of hydrogen-bond donors (Lipinski definition) is 2. The molecule has 0 aromatic heterocycles. The summed E-state index contributed by atoms with van der Waals surface area (Å²) >= 11 is 5.92. The highest BCUT2D eigenvalue weighted by Crippen LogP contribution is 2.42. The van der Waals surface area contributed by atoms with Gasteiger partial charge in [-0.2, -0.15) is 0 Å². The number of fused-ring (bicyclic) bond motifs is 2. The average molecular weight is 501 g/mol. The number of phenolic OH excluding ortho intramolecular Hbond substituents is 1. The number of aromatic hydroxyl groups is 1. The number of carbonyl (C=O) groups excluding carboxylic acids is 1. The lowest BCUT2D eigenvalue weighted by Gasteiger charge is -2.18. The van der Waals surface area contributed by atoms with E-state index in [1.54, 1.807) is 36.4 Å². The predicted octanol–water partition coefficient (Wildman–Crippen LogP) is 5.98. The summed E-state index contributed by atoms with van der Waals surface area (Å²) in [6.45, 7) is -0.0187. The van der Waals surface area contributed by atoms with Gasteiger partial charge in [0.1, 0.15) is 23.7 Å². The third-order valence-electron chi connectivity index (χ3n) is 5.72. The second kappa shape index (κ2) is 9.20.